The number of anilines is 1. The van der Waals surface area contributed by atoms with E-state index < -0.39 is 0 Å². The van der Waals surface area contributed by atoms with E-state index in [0.717, 1.165) is 10.0 Å². The summed E-state index contributed by atoms with van der Waals surface area (Å²) in [6, 6.07) is 14.7. The van der Waals surface area contributed by atoms with E-state index in [1.54, 1.807) is 36.2 Å². The number of rotatable bonds is 3. The van der Waals surface area contributed by atoms with E-state index in [1.165, 1.54) is 0 Å². The lowest BCUT2D eigenvalue weighted by Gasteiger charge is -2.19. The van der Waals surface area contributed by atoms with Crippen molar-refractivity contribution in [1.82, 2.24) is 4.90 Å². The van der Waals surface area contributed by atoms with Crippen LogP contribution in [0.25, 0.3) is 0 Å². The van der Waals surface area contributed by atoms with Gasteiger partial charge in [-0.25, -0.2) is 4.79 Å². The number of nitrogens with one attached hydrogen (secondary N) is 1. The van der Waals surface area contributed by atoms with Crippen LogP contribution in [0.1, 0.15) is 5.56 Å². The molecular weight excluding hydrogens is 340 g/mol. The lowest BCUT2D eigenvalue weighted by atomic mass is 10.2. The van der Waals surface area contributed by atoms with Crippen LogP contribution in [0.15, 0.2) is 53.0 Å². The predicted octanol–water partition coefficient (Wildman–Crippen LogP) is 4.77. The molecule has 2 rings (SSSR count). The van der Waals surface area contributed by atoms with Gasteiger partial charge in [-0.15, -0.1) is 0 Å². The van der Waals surface area contributed by atoms with Gasteiger partial charge in [-0.1, -0.05) is 51.8 Å². The maximum atomic E-state index is 12.1. The Bertz CT molecular complexity index is 618. The molecule has 2 amide bonds. The van der Waals surface area contributed by atoms with Crippen LogP contribution in [-0.4, -0.2) is 18.0 Å². The molecule has 0 unspecified atom stereocenters. The normalized spacial score (nSPS) is 10.2. The molecule has 0 radical (unpaired) electrons. The molecule has 2 aromatic carbocycles. The summed E-state index contributed by atoms with van der Waals surface area (Å²) in [7, 11) is 1.75. The van der Waals surface area contributed by atoms with Crippen molar-refractivity contribution < 1.29 is 4.79 Å². The molecule has 0 atom stereocenters. The first-order chi connectivity index (χ1) is 9.56. The summed E-state index contributed by atoms with van der Waals surface area (Å²) in [5, 5.41) is 3.40. The Balaban J connectivity index is 2.01. The molecule has 1 N–H and O–H groups in total. The van der Waals surface area contributed by atoms with E-state index in [1.807, 2.05) is 24.3 Å². The number of amides is 2. The monoisotopic (exact) mass is 352 g/mol. The van der Waals surface area contributed by atoms with Gasteiger partial charge in [-0.3, -0.25) is 0 Å². The van der Waals surface area contributed by atoms with Crippen molar-refractivity contribution in [2.75, 3.05) is 12.4 Å². The molecule has 0 aliphatic carbocycles. The van der Waals surface area contributed by atoms with Crippen LogP contribution >= 0.6 is 27.5 Å². The van der Waals surface area contributed by atoms with Crippen LogP contribution in [0.5, 0.6) is 0 Å². The standard InChI is InChI=1S/C15H14BrClN2O/c1-19(10-11-5-2-3-8-14(11)16)15(20)18-13-7-4-6-12(17)9-13/h2-9H,10H2,1H3,(H,18,20). The first-order valence-corrected chi connectivity index (χ1v) is 7.24. The van der Waals surface area contributed by atoms with Gasteiger partial charge in [-0.05, 0) is 29.8 Å². The zero-order valence-electron chi connectivity index (χ0n) is 10.9. The van der Waals surface area contributed by atoms with Gasteiger partial charge in [0.15, 0.2) is 0 Å². The highest BCUT2D eigenvalue weighted by Crippen LogP contribution is 2.18. The molecule has 3 nitrogen and oxygen atoms in total. The van der Waals surface area contributed by atoms with Crippen molar-refractivity contribution in [3.63, 3.8) is 0 Å². The average molecular weight is 354 g/mol. The Labute approximate surface area is 131 Å². The van der Waals surface area contributed by atoms with Gasteiger partial charge in [0.2, 0.25) is 0 Å². The quantitative estimate of drug-likeness (QED) is 0.847. The summed E-state index contributed by atoms with van der Waals surface area (Å²) in [5.41, 5.74) is 1.73. The summed E-state index contributed by atoms with van der Waals surface area (Å²) in [4.78, 5) is 13.7. The summed E-state index contributed by atoms with van der Waals surface area (Å²) >= 11 is 9.36. The number of carbonyl (C=O) groups is 1. The highest BCUT2D eigenvalue weighted by molar-refractivity contribution is 9.10. The topological polar surface area (TPSA) is 32.3 Å². The summed E-state index contributed by atoms with van der Waals surface area (Å²) in [6.07, 6.45) is 0. The van der Waals surface area contributed by atoms with Crippen molar-refractivity contribution in [2.24, 2.45) is 0 Å². The van der Waals surface area contributed by atoms with Crippen molar-refractivity contribution in [3.05, 3.63) is 63.6 Å². The van der Waals surface area contributed by atoms with E-state index in [-0.39, 0.29) is 6.03 Å². The maximum absolute atomic E-state index is 12.1. The molecule has 0 spiro atoms. The maximum Gasteiger partial charge on any atom is 0.321 e. The van der Waals surface area contributed by atoms with Crippen LogP contribution in [0.3, 0.4) is 0 Å². The number of benzene rings is 2. The summed E-state index contributed by atoms with van der Waals surface area (Å²) < 4.78 is 0.988. The van der Waals surface area contributed by atoms with Crippen LogP contribution < -0.4 is 5.32 Å². The fourth-order valence-corrected chi connectivity index (χ4v) is 2.34. The molecule has 20 heavy (non-hydrogen) atoms. The van der Waals surface area contributed by atoms with Crippen LogP contribution in [0, 0.1) is 0 Å². The van der Waals surface area contributed by atoms with Gasteiger partial charge < -0.3 is 10.2 Å². The van der Waals surface area contributed by atoms with Gasteiger partial charge in [0, 0.05) is 28.8 Å². The van der Waals surface area contributed by atoms with Gasteiger partial charge in [-0.2, -0.15) is 0 Å². The van der Waals surface area contributed by atoms with Gasteiger partial charge >= 0.3 is 6.03 Å². The third-order valence-corrected chi connectivity index (χ3v) is 3.80. The molecule has 0 fully saturated rings. The fraction of sp³-hybridized carbons (Fsp3) is 0.133. The number of hydrogen-bond acceptors (Lipinski definition) is 1. The zero-order valence-corrected chi connectivity index (χ0v) is 13.3. The number of halogens is 2. The summed E-state index contributed by atoms with van der Waals surface area (Å²) in [6.45, 7) is 0.522. The number of carbonyl (C=O) groups excluding carboxylic acids is 1. The minimum atomic E-state index is -0.178. The second kappa shape index (κ2) is 6.77. The SMILES string of the molecule is CN(Cc1ccccc1Br)C(=O)Nc1cccc(Cl)c1. The molecule has 5 heteroatoms. The third-order valence-electron chi connectivity index (χ3n) is 2.79. The highest BCUT2D eigenvalue weighted by Gasteiger charge is 2.10. The minimum absolute atomic E-state index is 0.178. The molecule has 104 valence electrons. The molecule has 0 bridgehead atoms. The average Bonchev–Trinajstić information content (AvgIpc) is 2.41. The van der Waals surface area contributed by atoms with E-state index >= 15 is 0 Å². The molecule has 2 aromatic rings. The Kier molecular flexibility index (Phi) is 5.04. The lowest BCUT2D eigenvalue weighted by Crippen LogP contribution is -2.30. The number of nitrogens with zero attached hydrogens (tertiary/aromatic N) is 1. The van der Waals surface area contributed by atoms with Gasteiger partial charge in [0.1, 0.15) is 0 Å². The Morgan fingerprint density at radius 3 is 2.70 bits per heavy atom. The van der Waals surface area contributed by atoms with E-state index in [4.69, 9.17) is 11.6 Å². The van der Waals surface area contributed by atoms with E-state index in [0.29, 0.717) is 17.3 Å². The van der Waals surface area contributed by atoms with Crippen molar-refractivity contribution in [1.29, 1.82) is 0 Å². The zero-order chi connectivity index (χ0) is 14.5. The molecular formula is C15H14BrClN2O. The molecule has 0 saturated heterocycles. The van der Waals surface area contributed by atoms with Gasteiger partial charge in [0.25, 0.3) is 0 Å². The lowest BCUT2D eigenvalue weighted by molar-refractivity contribution is 0.220. The smallest absolute Gasteiger partial charge is 0.321 e. The summed E-state index contributed by atoms with van der Waals surface area (Å²) in [5.74, 6) is 0. The molecule has 0 heterocycles. The first-order valence-electron chi connectivity index (χ1n) is 6.07. The highest BCUT2D eigenvalue weighted by atomic mass is 79.9. The van der Waals surface area contributed by atoms with Crippen molar-refractivity contribution in [3.8, 4) is 0 Å². The third kappa shape index (κ3) is 3.99. The first kappa shape index (κ1) is 14.9. The molecule has 0 aromatic heterocycles. The predicted molar refractivity (Wildman–Crippen MR) is 86.1 cm³/mol. The minimum Gasteiger partial charge on any atom is -0.323 e. The molecule has 0 aliphatic rings. The molecule has 0 aliphatic heterocycles. The number of hydrogen-bond donors (Lipinski definition) is 1. The van der Waals surface area contributed by atoms with Crippen LogP contribution in [0.2, 0.25) is 5.02 Å². The van der Waals surface area contributed by atoms with Crippen molar-refractivity contribution >= 4 is 39.2 Å². The van der Waals surface area contributed by atoms with Crippen LogP contribution in [0.4, 0.5) is 10.5 Å². The number of urea groups is 1. The van der Waals surface area contributed by atoms with Gasteiger partial charge in [0.05, 0.1) is 0 Å². The second-order valence-electron chi connectivity index (χ2n) is 4.39. The second-order valence-corrected chi connectivity index (χ2v) is 5.68. The largest absolute Gasteiger partial charge is 0.323 e. The Morgan fingerprint density at radius 2 is 2.00 bits per heavy atom. The Morgan fingerprint density at radius 1 is 1.25 bits per heavy atom. The van der Waals surface area contributed by atoms with Crippen molar-refractivity contribution in [2.45, 2.75) is 6.54 Å². The van der Waals surface area contributed by atoms with E-state index in [9.17, 15) is 4.79 Å². The fourth-order valence-electron chi connectivity index (χ4n) is 1.74. The van der Waals surface area contributed by atoms with E-state index in [2.05, 4.69) is 21.2 Å². The Hall–Kier alpha value is -1.52. The molecule has 0 saturated carbocycles. The van der Waals surface area contributed by atoms with Crippen LogP contribution in [-0.2, 0) is 6.54 Å².